The van der Waals surface area contributed by atoms with Crippen LogP contribution >= 0.6 is 23.7 Å². The Balaban J connectivity index is 0.00000272. The fraction of sp³-hybridized carbons (Fsp3) is 0.364. The average Bonchev–Trinajstić information content (AvgIpc) is 3.30. The molecule has 0 radical (unpaired) electrons. The first-order valence-corrected chi connectivity index (χ1v) is 10.8. The van der Waals surface area contributed by atoms with E-state index in [0.717, 1.165) is 35.3 Å². The average molecular weight is 465 g/mol. The van der Waals surface area contributed by atoms with Crippen molar-refractivity contribution >= 4 is 51.6 Å². The van der Waals surface area contributed by atoms with Gasteiger partial charge in [0.15, 0.2) is 17.1 Å². The number of hydrogen-bond donors (Lipinski definition) is 1. The molecule has 3 aromatic rings. The molecule has 166 valence electrons. The van der Waals surface area contributed by atoms with Crippen molar-refractivity contribution in [3.05, 3.63) is 46.0 Å². The number of halogens is 1. The lowest BCUT2D eigenvalue weighted by Crippen LogP contribution is -2.26. The molecule has 9 heteroatoms. The molecule has 3 heterocycles. The number of hydrogen-bond acceptors (Lipinski definition) is 7. The van der Waals surface area contributed by atoms with Gasteiger partial charge in [0.1, 0.15) is 5.00 Å². The smallest absolute Gasteiger partial charge is 0.341 e. The van der Waals surface area contributed by atoms with Gasteiger partial charge in [0, 0.05) is 23.4 Å². The van der Waals surface area contributed by atoms with E-state index in [1.165, 1.54) is 11.3 Å². The van der Waals surface area contributed by atoms with E-state index in [-0.39, 0.29) is 24.8 Å². The number of furan rings is 1. The van der Waals surface area contributed by atoms with Crippen molar-refractivity contribution in [2.45, 2.75) is 26.8 Å². The van der Waals surface area contributed by atoms with Crippen molar-refractivity contribution in [2.75, 3.05) is 32.1 Å². The standard InChI is InChI=1S/C22H24N2O5S.ClH/c1-4-27-15-8-6-7-13-11-16(29-19(13)15)20(25)23-21-18(22(26)28-5-2)14-9-10-24(3)12-17(14)30-21;/h6-8,11H,4-5,9-10,12H2,1-3H3,(H,23,25);1H. The van der Waals surface area contributed by atoms with E-state index < -0.39 is 11.9 Å². The Morgan fingerprint density at radius 3 is 2.81 bits per heavy atom. The molecular formula is C22H25ClN2O5S. The highest BCUT2D eigenvalue weighted by molar-refractivity contribution is 7.17. The van der Waals surface area contributed by atoms with E-state index in [1.807, 2.05) is 26.1 Å². The number of carbonyl (C=O) groups is 2. The largest absolute Gasteiger partial charge is 0.490 e. The SMILES string of the molecule is CCOC(=O)c1c(NC(=O)c2cc3cccc(OCC)c3o2)sc2c1CCN(C)C2.Cl. The van der Waals surface area contributed by atoms with Gasteiger partial charge in [0.2, 0.25) is 0 Å². The van der Waals surface area contributed by atoms with Crippen molar-refractivity contribution in [2.24, 2.45) is 0 Å². The second-order valence-corrected chi connectivity index (χ2v) is 8.19. The van der Waals surface area contributed by atoms with Crippen molar-refractivity contribution < 1.29 is 23.5 Å². The van der Waals surface area contributed by atoms with E-state index in [0.29, 0.717) is 28.5 Å². The summed E-state index contributed by atoms with van der Waals surface area (Å²) in [5.74, 6) is -0.0596. The predicted octanol–water partition coefficient (Wildman–Crippen LogP) is 4.73. The first-order valence-electron chi connectivity index (χ1n) is 9.98. The highest BCUT2D eigenvalue weighted by Gasteiger charge is 2.29. The molecule has 4 rings (SSSR count). The molecule has 1 amide bonds. The van der Waals surface area contributed by atoms with Crippen LogP contribution in [0.2, 0.25) is 0 Å². The molecule has 2 aromatic heterocycles. The number of likely N-dealkylation sites (N-methyl/N-ethyl adjacent to an activating group) is 1. The molecule has 31 heavy (non-hydrogen) atoms. The minimum absolute atomic E-state index is 0. The summed E-state index contributed by atoms with van der Waals surface area (Å²) >= 11 is 1.42. The maximum absolute atomic E-state index is 13.0. The Hall–Kier alpha value is -2.55. The van der Waals surface area contributed by atoms with Gasteiger partial charge in [0.05, 0.1) is 18.8 Å². The number of amides is 1. The number of nitrogens with zero attached hydrogens (tertiary/aromatic N) is 1. The summed E-state index contributed by atoms with van der Waals surface area (Å²) in [6.07, 6.45) is 0.745. The maximum atomic E-state index is 13.0. The number of fused-ring (bicyclic) bond motifs is 2. The van der Waals surface area contributed by atoms with Gasteiger partial charge in [0.25, 0.3) is 5.91 Å². The summed E-state index contributed by atoms with van der Waals surface area (Å²) in [6.45, 7) is 6.04. The van der Waals surface area contributed by atoms with Crippen molar-refractivity contribution in [1.29, 1.82) is 0 Å². The van der Waals surface area contributed by atoms with E-state index in [4.69, 9.17) is 13.9 Å². The van der Waals surface area contributed by atoms with Crippen LogP contribution in [0.4, 0.5) is 5.00 Å². The molecule has 0 bridgehead atoms. The van der Waals surface area contributed by atoms with Crippen LogP contribution in [-0.2, 0) is 17.7 Å². The van der Waals surface area contributed by atoms with E-state index in [9.17, 15) is 9.59 Å². The van der Waals surface area contributed by atoms with Gasteiger partial charge >= 0.3 is 5.97 Å². The highest BCUT2D eigenvalue weighted by atomic mass is 35.5. The molecule has 1 aliphatic rings. The summed E-state index contributed by atoms with van der Waals surface area (Å²) in [5, 5.41) is 4.16. The third-order valence-corrected chi connectivity index (χ3v) is 6.12. The fourth-order valence-electron chi connectivity index (χ4n) is 3.62. The van der Waals surface area contributed by atoms with Gasteiger partial charge in [-0.1, -0.05) is 12.1 Å². The third kappa shape index (κ3) is 4.56. The molecule has 1 N–H and O–H groups in total. The number of ether oxygens (including phenoxy) is 2. The van der Waals surface area contributed by atoms with Gasteiger partial charge in [-0.3, -0.25) is 4.79 Å². The van der Waals surface area contributed by atoms with Crippen LogP contribution in [0.25, 0.3) is 11.0 Å². The second kappa shape index (κ2) is 9.72. The van der Waals surface area contributed by atoms with Crippen LogP contribution in [0.15, 0.2) is 28.7 Å². The fourth-order valence-corrected chi connectivity index (χ4v) is 4.93. The number of carbonyl (C=O) groups excluding carboxylic acids is 2. The zero-order valence-electron chi connectivity index (χ0n) is 17.6. The van der Waals surface area contributed by atoms with E-state index in [1.54, 1.807) is 19.1 Å². The predicted molar refractivity (Wildman–Crippen MR) is 123 cm³/mol. The number of rotatable bonds is 6. The molecule has 7 nitrogen and oxygen atoms in total. The summed E-state index contributed by atoms with van der Waals surface area (Å²) in [4.78, 5) is 28.9. The van der Waals surface area contributed by atoms with Crippen molar-refractivity contribution in [3.8, 4) is 5.75 Å². The lowest BCUT2D eigenvalue weighted by Gasteiger charge is -2.22. The zero-order chi connectivity index (χ0) is 21.3. The lowest BCUT2D eigenvalue weighted by atomic mass is 10.0. The van der Waals surface area contributed by atoms with Gasteiger partial charge in [-0.05, 0) is 45.0 Å². The highest BCUT2D eigenvalue weighted by Crippen LogP contribution is 2.38. The van der Waals surface area contributed by atoms with E-state index >= 15 is 0 Å². The molecular weight excluding hydrogens is 440 g/mol. The minimum Gasteiger partial charge on any atom is -0.490 e. The molecule has 0 spiro atoms. The first-order chi connectivity index (χ1) is 14.5. The molecule has 1 aromatic carbocycles. The Labute approximate surface area is 190 Å². The summed E-state index contributed by atoms with van der Waals surface area (Å²) in [7, 11) is 2.04. The number of nitrogens with one attached hydrogen (secondary N) is 1. The molecule has 0 atom stereocenters. The molecule has 0 aliphatic carbocycles. The third-order valence-electron chi connectivity index (χ3n) is 4.99. The Morgan fingerprint density at radius 1 is 1.26 bits per heavy atom. The zero-order valence-corrected chi connectivity index (χ0v) is 19.3. The summed E-state index contributed by atoms with van der Waals surface area (Å²) < 4.78 is 16.6. The summed E-state index contributed by atoms with van der Waals surface area (Å²) in [6, 6.07) is 7.20. The molecule has 0 saturated carbocycles. The number of esters is 1. The topological polar surface area (TPSA) is 81.0 Å². The minimum atomic E-state index is -0.411. The second-order valence-electron chi connectivity index (χ2n) is 7.09. The van der Waals surface area contributed by atoms with Crippen LogP contribution in [0.3, 0.4) is 0 Å². The number of para-hydroxylation sites is 1. The van der Waals surface area contributed by atoms with Gasteiger partial charge in [-0.25, -0.2) is 4.79 Å². The maximum Gasteiger partial charge on any atom is 0.341 e. The number of benzene rings is 1. The van der Waals surface area contributed by atoms with Crippen LogP contribution in [0.5, 0.6) is 5.75 Å². The molecule has 0 fully saturated rings. The van der Waals surface area contributed by atoms with Gasteiger partial charge in [-0.2, -0.15) is 0 Å². The normalized spacial score (nSPS) is 13.4. The monoisotopic (exact) mass is 464 g/mol. The van der Waals surface area contributed by atoms with Crippen LogP contribution in [-0.4, -0.2) is 43.6 Å². The Morgan fingerprint density at radius 2 is 2.06 bits per heavy atom. The van der Waals surface area contributed by atoms with Crippen LogP contribution in [0.1, 0.15) is 45.2 Å². The van der Waals surface area contributed by atoms with E-state index in [2.05, 4.69) is 10.2 Å². The van der Waals surface area contributed by atoms with Crippen molar-refractivity contribution in [3.63, 3.8) is 0 Å². The number of anilines is 1. The molecule has 0 saturated heterocycles. The first kappa shape index (κ1) is 23.1. The Kier molecular flexibility index (Phi) is 7.25. The molecule has 1 aliphatic heterocycles. The van der Waals surface area contributed by atoms with Crippen molar-refractivity contribution in [1.82, 2.24) is 4.90 Å². The Bertz CT molecular complexity index is 1110. The quantitative estimate of drug-likeness (QED) is 0.531. The summed E-state index contributed by atoms with van der Waals surface area (Å²) in [5.41, 5.74) is 1.96. The lowest BCUT2D eigenvalue weighted by molar-refractivity contribution is 0.0526. The van der Waals surface area contributed by atoms with Crippen LogP contribution in [0, 0.1) is 0 Å². The van der Waals surface area contributed by atoms with Gasteiger partial charge < -0.3 is 24.1 Å². The number of thiophene rings is 1. The van der Waals surface area contributed by atoms with Crippen LogP contribution < -0.4 is 10.1 Å². The molecule has 0 unspecified atom stereocenters. The van der Waals surface area contributed by atoms with Gasteiger partial charge in [-0.15, -0.1) is 23.7 Å².